The molecule has 1 atom stereocenters. The summed E-state index contributed by atoms with van der Waals surface area (Å²) in [5.74, 6) is 1.95. The van der Waals surface area contributed by atoms with Gasteiger partial charge in [0.15, 0.2) is 5.96 Å². The number of aromatic nitrogens is 1. The molecule has 1 rings (SSSR count). The van der Waals surface area contributed by atoms with Crippen molar-refractivity contribution in [3.05, 3.63) is 24.5 Å². The fraction of sp³-hybridized carbons (Fsp3) is 0.706. The summed E-state index contributed by atoms with van der Waals surface area (Å²) in [7, 11) is 0. The molecule has 1 aromatic heterocycles. The quantitative estimate of drug-likeness (QED) is 0.458. The highest BCUT2D eigenvalue weighted by molar-refractivity contribution is 5.79. The highest BCUT2D eigenvalue weighted by atomic mass is 16.3. The van der Waals surface area contributed by atoms with E-state index in [1.165, 1.54) is 0 Å². The van der Waals surface area contributed by atoms with E-state index >= 15 is 0 Å². The monoisotopic (exact) mass is 308 g/mol. The molecule has 5 heteroatoms. The second-order valence-electron chi connectivity index (χ2n) is 6.08. The SMILES string of the molecule is CCNC(=NCC(CCO)CC(C)C)NCCn1cccc1. The van der Waals surface area contributed by atoms with Crippen LogP contribution in [0.5, 0.6) is 0 Å². The number of aliphatic hydroxyl groups excluding tert-OH is 1. The van der Waals surface area contributed by atoms with Crippen molar-refractivity contribution in [2.75, 3.05) is 26.2 Å². The normalized spacial score (nSPS) is 13.4. The number of aliphatic hydroxyl groups is 1. The van der Waals surface area contributed by atoms with Crippen LogP contribution in [0.15, 0.2) is 29.5 Å². The molecule has 0 aliphatic carbocycles. The molecule has 0 spiro atoms. The minimum atomic E-state index is 0.241. The molecule has 1 heterocycles. The van der Waals surface area contributed by atoms with E-state index in [0.29, 0.717) is 11.8 Å². The Hall–Kier alpha value is -1.49. The number of nitrogens with zero attached hydrogens (tertiary/aromatic N) is 2. The Morgan fingerprint density at radius 3 is 2.55 bits per heavy atom. The first-order chi connectivity index (χ1) is 10.7. The van der Waals surface area contributed by atoms with Gasteiger partial charge in [-0.15, -0.1) is 0 Å². The molecule has 3 N–H and O–H groups in total. The van der Waals surface area contributed by atoms with Gasteiger partial charge < -0.3 is 20.3 Å². The van der Waals surface area contributed by atoms with Crippen LogP contribution < -0.4 is 10.6 Å². The molecule has 22 heavy (non-hydrogen) atoms. The van der Waals surface area contributed by atoms with Gasteiger partial charge >= 0.3 is 0 Å². The average Bonchev–Trinajstić information content (AvgIpc) is 2.97. The van der Waals surface area contributed by atoms with Crippen LogP contribution >= 0.6 is 0 Å². The number of rotatable bonds is 10. The Labute approximate surface area is 134 Å². The smallest absolute Gasteiger partial charge is 0.191 e. The van der Waals surface area contributed by atoms with E-state index in [1.54, 1.807) is 0 Å². The van der Waals surface area contributed by atoms with E-state index < -0.39 is 0 Å². The average molecular weight is 308 g/mol. The van der Waals surface area contributed by atoms with Crippen molar-refractivity contribution in [1.82, 2.24) is 15.2 Å². The Bertz CT molecular complexity index is 401. The third-order valence-corrected chi connectivity index (χ3v) is 3.52. The molecule has 1 aromatic rings. The van der Waals surface area contributed by atoms with Crippen molar-refractivity contribution >= 4 is 5.96 Å². The maximum atomic E-state index is 9.18. The van der Waals surface area contributed by atoms with E-state index in [4.69, 9.17) is 0 Å². The lowest BCUT2D eigenvalue weighted by Gasteiger charge is -2.17. The van der Waals surface area contributed by atoms with Crippen molar-refractivity contribution < 1.29 is 5.11 Å². The fourth-order valence-electron chi connectivity index (χ4n) is 2.52. The van der Waals surface area contributed by atoms with Crippen LogP contribution in [0.25, 0.3) is 0 Å². The molecular formula is C17H32N4O. The summed E-state index contributed by atoms with van der Waals surface area (Å²) >= 11 is 0. The lowest BCUT2D eigenvalue weighted by atomic mass is 9.94. The molecule has 0 amide bonds. The number of nitrogens with one attached hydrogen (secondary N) is 2. The molecule has 0 saturated heterocycles. The van der Waals surface area contributed by atoms with Crippen molar-refractivity contribution in [2.45, 2.75) is 40.2 Å². The van der Waals surface area contributed by atoms with Crippen LogP contribution in [0, 0.1) is 11.8 Å². The topological polar surface area (TPSA) is 61.6 Å². The van der Waals surface area contributed by atoms with Gasteiger partial charge in [-0.1, -0.05) is 13.8 Å². The second-order valence-corrected chi connectivity index (χ2v) is 6.08. The van der Waals surface area contributed by atoms with Gasteiger partial charge in [0.1, 0.15) is 0 Å². The van der Waals surface area contributed by atoms with Gasteiger partial charge in [-0.2, -0.15) is 0 Å². The predicted octanol–water partition coefficient (Wildman–Crippen LogP) is 2.09. The molecule has 5 nitrogen and oxygen atoms in total. The van der Waals surface area contributed by atoms with E-state index in [0.717, 1.165) is 45.0 Å². The summed E-state index contributed by atoms with van der Waals surface area (Å²) in [6.07, 6.45) is 6.05. The third kappa shape index (κ3) is 8.08. The summed E-state index contributed by atoms with van der Waals surface area (Å²) in [6.45, 7) is 10.1. The van der Waals surface area contributed by atoms with E-state index in [1.807, 2.05) is 12.1 Å². The predicted molar refractivity (Wildman–Crippen MR) is 93.1 cm³/mol. The van der Waals surface area contributed by atoms with Gasteiger partial charge in [0.25, 0.3) is 0 Å². The molecular weight excluding hydrogens is 276 g/mol. The Kier molecular flexibility index (Phi) is 9.39. The first kappa shape index (κ1) is 18.6. The van der Waals surface area contributed by atoms with E-state index in [9.17, 15) is 5.11 Å². The Morgan fingerprint density at radius 2 is 1.95 bits per heavy atom. The third-order valence-electron chi connectivity index (χ3n) is 3.52. The van der Waals surface area contributed by atoms with Crippen LogP contribution in [0.1, 0.15) is 33.6 Å². The van der Waals surface area contributed by atoms with E-state index in [-0.39, 0.29) is 6.61 Å². The molecule has 0 radical (unpaired) electrons. The maximum Gasteiger partial charge on any atom is 0.191 e. The zero-order valence-electron chi connectivity index (χ0n) is 14.3. The fourth-order valence-corrected chi connectivity index (χ4v) is 2.52. The van der Waals surface area contributed by atoms with Gasteiger partial charge in [-0.25, -0.2) is 0 Å². The van der Waals surface area contributed by atoms with Crippen LogP contribution in [0.3, 0.4) is 0 Å². The summed E-state index contributed by atoms with van der Waals surface area (Å²) in [4.78, 5) is 4.68. The van der Waals surface area contributed by atoms with Gasteiger partial charge in [0.2, 0.25) is 0 Å². The first-order valence-electron chi connectivity index (χ1n) is 8.39. The van der Waals surface area contributed by atoms with E-state index in [2.05, 4.69) is 53.4 Å². The first-order valence-corrected chi connectivity index (χ1v) is 8.39. The zero-order chi connectivity index (χ0) is 16.2. The number of guanidine groups is 1. The highest BCUT2D eigenvalue weighted by Crippen LogP contribution is 2.15. The van der Waals surface area contributed by atoms with Crippen LogP contribution in [0.2, 0.25) is 0 Å². The standard InChI is InChI=1S/C17H32N4O/c1-4-18-17(19-8-11-21-9-5-6-10-21)20-14-16(7-12-22)13-15(2)3/h5-6,9-10,15-16,22H,4,7-8,11-14H2,1-3H3,(H2,18,19,20). The molecule has 0 aliphatic rings. The number of hydrogen-bond donors (Lipinski definition) is 3. The van der Waals surface area contributed by atoms with Gasteiger partial charge in [0.05, 0.1) is 0 Å². The van der Waals surface area contributed by atoms with Gasteiger partial charge in [-0.05, 0) is 43.7 Å². The van der Waals surface area contributed by atoms with Gasteiger partial charge in [0, 0.05) is 45.2 Å². The Balaban J connectivity index is 2.44. The molecule has 0 aromatic carbocycles. The van der Waals surface area contributed by atoms with Gasteiger partial charge in [-0.3, -0.25) is 4.99 Å². The molecule has 0 aliphatic heterocycles. The second kappa shape index (κ2) is 11.1. The molecule has 126 valence electrons. The molecule has 0 bridgehead atoms. The van der Waals surface area contributed by atoms with Crippen LogP contribution in [-0.2, 0) is 6.54 Å². The van der Waals surface area contributed by atoms with Crippen molar-refractivity contribution in [2.24, 2.45) is 16.8 Å². The van der Waals surface area contributed by atoms with Crippen molar-refractivity contribution in [1.29, 1.82) is 0 Å². The van der Waals surface area contributed by atoms with Crippen molar-refractivity contribution in [3.8, 4) is 0 Å². The summed E-state index contributed by atoms with van der Waals surface area (Å²) in [5.41, 5.74) is 0. The minimum Gasteiger partial charge on any atom is -0.396 e. The molecule has 0 fully saturated rings. The lowest BCUT2D eigenvalue weighted by molar-refractivity contribution is 0.245. The Morgan fingerprint density at radius 1 is 1.23 bits per heavy atom. The van der Waals surface area contributed by atoms with Crippen molar-refractivity contribution in [3.63, 3.8) is 0 Å². The summed E-state index contributed by atoms with van der Waals surface area (Å²) in [5, 5.41) is 15.8. The summed E-state index contributed by atoms with van der Waals surface area (Å²) < 4.78 is 2.14. The molecule has 0 saturated carbocycles. The molecule has 1 unspecified atom stereocenters. The summed E-state index contributed by atoms with van der Waals surface area (Å²) in [6, 6.07) is 4.06. The minimum absolute atomic E-state index is 0.241. The van der Waals surface area contributed by atoms with Crippen LogP contribution in [-0.4, -0.2) is 41.9 Å². The maximum absolute atomic E-state index is 9.18. The largest absolute Gasteiger partial charge is 0.396 e. The number of aliphatic imine (C=N–C) groups is 1. The lowest BCUT2D eigenvalue weighted by Crippen LogP contribution is -2.39. The number of hydrogen-bond acceptors (Lipinski definition) is 2. The highest BCUT2D eigenvalue weighted by Gasteiger charge is 2.10. The zero-order valence-corrected chi connectivity index (χ0v) is 14.3. The van der Waals surface area contributed by atoms with Crippen LogP contribution in [0.4, 0.5) is 0 Å².